The molecule has 0 spiro atoms. The molecule has 3 amide bonds. The van der Waals surface area contributed by atoms with Crippen LogP contribution in [-0.2, 0) is 30.4 Å². The van der Waals surface area contributed by atoms with Crippen molar-refractivity contribution in [1.29, 1.82) is 0 Å². The quantitative estimate of drug-likeness (QED) is 0.115. The second-order valence-corrected chi connectivity index (χ2v) is 8.37. The van der Waals surface area contributed by atoms with E-state index in [9.17, 15) is 39.3 Å². The van der Waals surface area contributed by atoms with E-state index in [1.165, 1.54) is 6.92 Å². The molecule has 0 saturated carbocycles. The van der Waals surface area contributed by atoms with E-state index in [2.05, 4.69) is 16.0 Å². The number of carboxylic acids is 2. The Kier molecular flexibility index (Phi) is 13.1. The Morgan fingerprint density at radius 2 is 1.50 bits per heavy atom. The number of amides is 3. The molecule has 10 N–H and O–H groups in total. The maximum Gasteiger partial charge on any atom is 0.326 e. The molecule has 36 heavy (non-hydrogen) atoms. The molecule has 0 saturated heterocycles. The van der Waals surface area contributed by atoms with Gasteiger partial charge in [0, 0.05) is 0 Å². The Hall–Kier alpha value is -3.55. The second kappa shape index (κ2) is 15.4. The summed E-state index contributed by atoms with van der Waals surface area (Å²) >= 11 is 0. The standard InChI is InChI=1S/C23H35N5O8/c1-13(29)19(22(34)26-16(23(35)36)9-5-6-10-24)28-21(33)17(12-18(30)31)27-20(32)15(25)11-14-7-3-2-4-8-14/h2-4,7-8,13,15-17,19,29H,5-6,9-12,24-25H2,1H3,(H,26,34)(H,27,32)(H,28,33)(H,30,31)(H,35,36). The highest BCUT2D eigenvalue weighted by Gasteiger charge is 2.33. The summed E-state index contributed by atoms with van der Waals surface area (Å²) < 4.78 is 0. The van der Waals surface area contributed by atoms with Gasteiger partial charge >= 0.3 is 11.9 Å². The van der Waals surface area contributed by atoms with Gasteiger partial charge in [0.15, 0.2) is 0 Å². The Labute approximate surface area is 208 Å². The van der Waals surface area contributed by atoms with Crippen LogP contribution in [0.3, 0.4) is 0 Å². The smallest absolute Gasteiger partial charge is 0.326 e. The number of aliphatic hydroxyl groups is 1. The predicted molar refractivity (Wildman–Crippen MR) is 128 cm³/mol. The van der Waals surface area contributed by atoms with E-state index >= 15 is 0 Å². The molecule has 200 valence electrons. The van der Waals surface area contributed by atoms with E-state index in [4.69, 9.17) is 11.5 Å². The molecular formula is C23H35N5O8. The van der Waals surface area contributed by atoms with Gasteiger partial charge in [0.1, 0.15) is 18.1 Å². The summed E-state index contributed by atoms with van der Waals surface area (Å²) in [5, 5.41) is 35.3. The van der Waals surface area contributed by atoms with Crippen molar-refractivity contribution in [2.75, 3.05) is 6.54 Å². The van der Waals surface area contributed by atoms with Crippen LogP contribution < -0.4 is 27.4 Å². The van der Waals surface area contributed by atoms with Gasteiger partial charge in [-0.25, -0.2) is 4.79 Å². The lowest BCUT2D eigenvalue weighted by atomic mass is 10.0. The highest BCUT2D eigenvalue weighted by Crippen LogP contribution is 2.06. The van der Waals surface area contributed by atoms with Crippen molar-refractivity contribution in [3.05, 3.63) is 35.9 Å². The molecule has 5 atom stereocenters. The number of aliphatic hydroxyl groups excluding tert-OH is 1. The molecule has 13 nitrogen and oxygen atoms in total. The first-order chi connectivity index (χ1) is 17.0. The van der Waals surface area contributed by atoms with E-state index < -0.39 is 66.4 Å². The van der Waals surface area contributed by atoms with Crippen molar-refractivity contribution in [2.24, 2.45) is 11.5 Å². The van der Waals surface area contributed by atoms with Gasteiger partial charge in [-0.3, -0.25) is 19.2 Å². The number of rotatable bonds is 16. The van der Waals surface area contributed by atoms with Crippen LogP contribution in [-0.4, -0.2) is 81.8 Å². The van der Waals surface area contributed by atoms with E-state index in [0.717, 1.165) is 5.56 Å². The lowest BCUT2D eigenvalue weighted by Crippen LogP contribution is -2.60. The zero-order valence-corrected chi connectivity index (χ0v) is 20.1. The van der Waals surface area contributed by atoms with E-state index in [1.54, 1.807) is 30.3 Å². The van der Waals surface area contributed by atoms with Crippen molar-refractivity contribution < 1.29 is 39.3 Å². The molecule has 13 heteroatoms. The third-order valence-corrected chi connectivity index (χ3v) is 5.27. The van der Waals surface area contributed by atoms with Gasteiger partial charge in [0.2, 0.25) is 17.7 Å². The van der Waals surface area contributed by atoms with Crippen LogP contribution in [0.4, 0.5) is 0 Å². The number of carboxylic acid groups (broad SMARTS) is 2. The molecule has 0 aliphatic rings. The molecule has 0 radical (unpaired) electrons. The molecule has 5 unspecified atom stereocenters. The van der Waals surface area contributed by atoms with Crippen molar-refractivity contribution in [3.8, 4) is 0 Å². The van der Waals surface area contributed by atoms with E-state index in [-0.39, 0.29) is 12.8 Å². The average molecular weight is 510 g/mol. The molecule has 1 aromatic rings. The van der Waals surface area contributed by atoms with Crippen molar-refractivity contribution in [1.82, 2.24) is 16.0 Å². The fraction of sp³-hybridized carbons (Fsp3) is 0.522. The fourth-order valence-electron chi connectivity index (χ4n) is 3.29. The predicted octanol–water partition coefficient (Wildman–Crippen LogP) is -1.92. The maximum atomic E-state index is 12.8. The zero-order chi connectivity index (χ0) is 27.3. The summed E-state index contributed by atoms with van der Waals surface area (Å²) in [5.74, 6) is -5.55. The van der Waals surface area contributed by atoms with Crippen LogP contribution in [0.25, 0.3) is 0 Å². The lowest BCUT2D eigenvalue weighted by molar-refractivity contribution is -0.144. The first-order valence-electron chi connectivity index (χ1n) is 11.5. The summed E-state index contributed by atoms with van der Waals surface area (Å²) in [7, 11) is 0. The zero-order valence-electron chi connectivity index (χ0n) is 20.1. The Morgan fingerprint density at radius 3 is 2.03 bits per heavy atom. The van der Waals surface area contributed by atoms with Crippen molar-refractivity contribution in [2.45, 2.75) is 69.3 Å². The number of benzene rings is 1. The minimum Gasteiger partial charge on any atom is -0.481 e. The van der Waals surface area contributed by atoms with Gasteiger partial charge in [-0.2, -0.15) is 0 Å². The number of aliphatic carboxylic acids is 2. The minimum absolute atomic E-state index is 0.0791. The minimum atomic E-state index is -1.61. The van der Waals surface area contributed by atoms with Crippen molar-refractivity contribution >= 4 is 29.7 Å². The summed E-state index contributed by atoms with van der Waals surface area (Å²) in [6.45, 7) is 1.54. The first kappa shape index (κ1) is 30.5. The van der Waals surface area contributed by atoms with Gasteiger partial charge in [0.25, 0.3) is 0 Å². The molecular weight excluding hydrogens is 474 g/mol. The molecule has 0 heterocycles. The molecule has 0 aliphatic heterocycles. The van der Waals surface area contributed by atoms with Crippen LogP contribution in [0, 0.1) is 0 Å². The Bertz CT molecular complexity index is 896. The topological polar surface area (TPSA) is 234 Å². The number of hydrogen-bond donors (Lipinski definition) is 8. The number of carbonyl (C=O) groups is 5. The molecule has 0 aromatic heterocycles. The van der Waals surface area contributed by atoms with E-state index in [1.807, 2.05) is 0 Å². The van der Waals surface area contributed by atoms with Gasteiger partial charge in [-0.05, 0) is 44.7 Å². The normalized spacial score (nSPS) is 15.0. The SMILES string of the molecule is CC(O)C(NC(=O)C(CC(=O)O)NC(=O)C(N)Cc1ccccc1)C(=O)NC(CCCCN)C(=O)O. The number of hydrogen-bond acceptors (Lipinski definition) is 8. The summed E-state index contributed by atoms with van der Waals surface area (Å²) in [5.41, 5.74) is 12.0. The van der Waals surface area contributed by atoms with Gasteiger partial charge in [-0.1, -0.05) is 30.3 Å². The third-order valence-electron chi connectivity index (χ3n) is 5.27. The molecule has 0 bridgehead atoms. The molecule has 1 aromatic carbocycles. The fourth-order valence-corrected chi connectivity index (χ4v) is 3.29. The average Bonchev–Trinajstić information content (AvgIpc) is 2.81. The number of nitrogens with one attached hydrogen (secondary N) is 3. The van der Waals surface area contributed by atoms with Gasteiger partial charge in [0.05, 0.1) is 18.6 Å². The van der Waals surface area contributed by atoms with Crippen LogP contribution in [0.1, 0.15) is 38.2 Å². The molecule has 0 aliphatic carbocycles. The third kappa shape index (κ3) is 10.8. The number of unbranched alkanes of at least 4 members (excludes halogenated alkanes) is 1. The Balaban J connectivity index is 2.90. The van der Waals surface area contributed by atoms with Crippen LogP contribution in [0.15, 0.2) is 30.3 Å². The summed E-state index contributed by atoms with van der Waals surface area (Å²) in [6.07, 6.45) is -1.10. The summed E-state index contributed by atoms with van der Waals surface area (Å²) in [4.78, 5) is 60.7. The highest BCUT2D eigenvalue weighted by molar-refractivity contribution is 5.95. The largest absolute Gasteiger partial charge is 0.481 e. The number of carbonyl (C=O) groups excluding carboxylic acids is 3. The first-order valence-corrected chi connectivity index (χ1v) is 11.5. The maximum absolute atomic E-state index is 12.8. The van der Waals surface area contributed by atoms with Crippen molar-refractivity contribution in [3.63, 3.8) is 0 Å². The van der Waals surface area contributed by atoms with Gasteiger partial charge < -0.3 is 42.7 Å². The van der Waals surface area contributed by atoms with Crippen LogP contribution >= 0.6 is 0 Å². The summed E-state index contributed by atoms with van der Waals surface area (Å²) in [6, 6.07) is 3.22. The lowest BCUT2D eigenvalue weighted by Gasteiger charge is -2.26. The highest BCUT2D eigenvalue weighted by atomic mass is 16.4. The van der Waals surface area contributed by atoms with Crippen LogP contribution in [0.2, 0.25) is 0 Å². The monoisotopic (exact) mass is 509 g/mol. The van der Waals surface area contributed by atoms with E-state index in [0.29, 0.717) is 19.4 Å². The van der Waals surface area contributed by atoms with Gasteiger partial charge in [-0.15, -0.1) is 0 Å². The second-order valence-electron chi connectivity index (χ2n) is 8.37. The van der Waals surface area contributed by atoms with Crippen LogP contribution in [0.5, 0.6) is 0 Å². The molecule has 0 fully saturated rings. The molecule has 1 rings (SSSR count). The Morgan fingerprint density at radius 1 is 0.889 bits per heavy atom. The number of nitrogens with two attached hydrogens (primary N) is 2.